The Morgan fingerprint density at radius 2 is 1.85 bits per heavy atom. The average Bonchev–Trinajstić information content (AvgIpc) is 2.83. The highest BCUT2D eigenvalue weighted by molar-refractivity contribution is 5.98. The van der Waals surface area contributed by atoms with Crippen LogP contribution in [0.5, 0.6) is 11.5 Å². The van der Waals surface area contributed by atoms with Crippen LogP contribution in [0.15, 0.2) is 36.5 Å². The molecule has 34 heavy (non-hydrogen) atoms. The first-order chi connectivity index (χ1) is 16.2. The highest BCUT2D eigenvalue weighted by Gasteiger charge is 2.19. The number of carbonyl (C=O) groups excluding carboxylic acids is 1. The van der Waals surface area contributed by atoms with Crippen molar-refractivity contribution in [2.75, 3.05) is 26.1 Å². The molecule has 0 aliphatic heterocycles. The van der Waals surface area contributed by atoms with Crippen LogP contribution >= 0.6 is 0 Å². The first-order valence-corrected chi connectivity index (χ1v) is 11.3. The van der Waals surface area contributed by atoms with Gasteiger partial charge >= 0.3 is 0 Å². The van der Waals surface area contributed by atoms with Gasteiger partial charge in [-0.3, -0.25) is 9.78 Å². The summed E-state index contributed by atoms with van der Waals surface area (Å²) in [7, 11) is 3.16. The standard InChI is InChI=1S/C26H34N4O4/c1-6-18-16(14-29-26(2,3)15-31)8-7-9-20(18)30-25-17(10-24(27)32)13-28-21-12-23(34-5)22(33-4)11-19(21)25/h7-9,11-13,29,31H,6,10,14-15H2,1-5H3,(H2,27,32)(H,28,30). The zero-order valence-corrected chi connectivity index (χ0v) is 20.5. The lowest BCUT2D eigenvalue weighted by molar-refractivity contribution is -0.117. The summed E-state index contributed by atoms with van der Waals surface area (Å²) in [4.78, 5) is 16.3. The number of rotatable bonds is 11. The van der Waals surface area contributed by atoms with Gasteiger partial charge in [-0.2, -0.15) is 0 Å². The molecule has 182 valence electrons. The number of primary amides is 1. The van der Waals surface area contributed by atoms with Crippen LogP contribution in [0.4, 0.5) is 11.4 Å². The van der Waals surface area contributed by atoms with Crippen molar-refractivity contribution in [3.8, 4) is 11.5 Å². The van der Waals surface area contributed by atoms with Crippen molar-refractivity contribution in [3.63, 3.8) is 0 Å². The number of anilines is 2. The summed E-state index contributed by atoms with van der Waals surface area (Å²) >= 11 is 0. The Bertz CT molecular complexity index is 1180. The third-order valence-electron chi connectivity index (χ3n) is 5.86. The van der Waals surface area contributed by atoms with Crippen molar-refractivity contribution < 1.29 is 19.4 Å². The number of carbonyl (C=O) groups is 1. The summed E-state index contributed by atoms with van der Waals surface area (Å²) in [6.07, 6.45) is 2.51. The molecule has 0 saturated heterocycles. The Morgan fingerprint density at radius 1 is 1.15 bits per heavy atom. The van der Waals surface area contributed by atoms with Crippen molar-refractivity contribution >= 4 is 28.2 Å². The van der Waals surface area contributed by atoms with E-state index in [2.05, 4.69) is 28.6 Å². The third kappa shape index (κ3) is 5.58. The molecule has 0 atom stereocenters. The molecule has 0 fully saturated rings. The third-order valence-corrected chi connectivity index (χ3v) is 5.86. The molecule has 0 unspecified atom stereocenters. The maximum Gasteiger partial charge on any atom is 0.221 e. The van der Waals surface area contributed by atoms with Gasteiger partial charge in [-0.25, -0.2) is 0 Å². The van der Waals surface area contributed by atoms with E-state index in [9.17, 15) is 9.90 Å². The Balaban J connectivity index is 2.12. The van der Waals surface area contributed by atoms with Crippen LogP contribution in [0.2, 0.25) is 0 Å². The maximum atomic E-state index is 11.8. The maximum absolute atomic E-state index is 11.8. The van der Waals surface area contributed by atoms with Crippen LogP contribution in [-0.4, -0.2) is 42.4 Å². The number of nitrogens with two attached hydrogens (primary N) is 1. The van der Waals surface area contributed by atoms with Crippen molar-refractivity contribution in [3.05, 3.63) is 53.2 Å². The average molecular weight is 467 g/mol. The molecule has 0 aliphatic rings. The predicted molar refractivity (Wildman–Crippen MR) is 135 cm³/mol. The molecule has 0 spiro atoms. The second-order valence-electron chi connectivity index (χ2n) is 8.84. The van der Waals surface area contributed by atoms with Crippen molar-refractivity contribution in [2.24, 2.45) is 5.73 Å². The van der Waals surface area contributed by atoms with Crippen LogP contribution in [0.1, 0.15) is 37.5 Å². The molecule has 8 heteroatoms. The highest BCUT2D eigenvalue weighted by Crippen LogP contribution is 2.38. The lowest BCUT2D eigenvalue weighted by atomic mass is 9.99. The molecule has 5 N–H and O–H groups in total. The van der Waals surface area contributed by atoms with Gasteiger partial charge in [-0.15, -0.1) is 0 Å². The highest BCUT2D eigenvalue weighted by atomic mass is 16.5. The van der Waals surface area contributed by atoms with E-state index < -0.39 is 5.91 Å². The molecule has 1 heterocycles. The quantitative estimate of drug-likeness (QED) is 0.342. The van der Waals surface area contributed by atoms with Gasteiger partial charge in [0.15, 0.2) is 11.5 Å². The number of nitrogens with one attached hydrogen (secondary N) is 2. The number of hydrogen-bond donors (Lipinski definition) is 4. The predicted octanol–water partition coefficient (Wildman–Crippen LogP) is 3.45. The number of ether oxygens (including phenoxy) is 2. The zero-order chi connectivity index (χ0) is 24.9. The van der Waals surface area contributed by atoms with E-state index in [1.54, 1.807) is 20.4 Å². The lowest BCUT2D eigenvalue weighted by Gasteiger charge is -2.25. The van der Waals surface area contributed by atoms with Gasteiger partial charge in [-0.1, -0.05) is 19.1 Å². The molecule has 3 aromatic rings. The minimum atomic E-state index is -0.440. The second-order valence-corrected chi connectivity index (χ2v) is 8.84. The van der Waals surface area contributed by atoms with Crippen molar-refractivity contribution in [1.82, 2.24) is 10.3 Å². The van der Waals surface area contributed by atoms with Crippen LogP contribution in [0, 0.1) is 0 Å². The Hall–Kier alpha value is -3.36. The Labute approximate surface area is 200 Å². The summed E-state index contributed by atoms with van der Waals surface area (Å²) in [6.45, 7) is 6.67. The number of nitrogens with zero attached hydrogens (tertiary/aromatic N) is 1. The van der Waals surface area contributed by atoms with Gasteiger partial charge in [0.1, 0.15) is 0 Å². The van der Waals surface area contributed by atoms with E-state index in [1.807, 2.05) is 38.1 Å². The van der Waals surface area contributed by atoms with Gasteiger partial charge in [0.05, 0.1) is 38.5 Å². The first kappa shape index (κ1) is 25.3. The first-order valence-electron chi connectivity index (χ1n) is 11.3. The smallest absolute Gasteiger partial charge is 0.221 e. The molecule has 1 aromatic heterocycles. The van der Waals surface area contributed by atoms with E-state index >= 15 is 0 Å². The van der Waals surface area contributed by atoms with Gasteiger partial charge < -0.3 is 30.9 Å². The molecule has 3 rings (SSSR count). The van der Waals surface area contributed by atoms with Crippen molar-refractivity contribution in [2.45, 2.75) is 45.7 Å². The van der Waals surface area contributed by atoms with E-state index in [0.29, 0.717) is 29.1 Å². The SMILES string of the molecule is CCc1c(CNC(C)(C)CO)cccc1Nc1c(CC(N)=O)cnc2cc(OC)c(OC)cc12. The number of methoxy groups -OCH3 is 2. The molecule has 0 radical (unpaired) electrons. The minimum Gasteiger partial charge on any atom is -0.493 e. The molecule has 0 bridgehead atoms. The Kier molecular flexibility index (Phi) is 7.96. The lowest BCUT2D eigenvalue weighted by Crippen LogP contribution is -2.42. The number of aromatic nitrogens is 1. The monoisotopic (exact) mass is 466 g/mol. The van der Waals surface area contributed by atoms with E-state index in [0.717, 1.165) is 34.3 Å². The molecule has 2 aromatic carbocycles. The summed E-state index contributed by atoms with van der Waals surface area (Å²) in [5, 5.41) is 17.4. The zero-order valence-electron chi connectivity index (χ0n) is 20.5. The fourth-order valence-corrected chi connectivity index (χ4v) is 3.89. The number of benzene rings is 2. The summed E-state index contributed by atoms with van der Waals surface area (Å²) in [6, 6.07) is 9.75. The van der Waals surface area contributed by atoms with Crippen LogP contribution in [0.25, 0.3) is 10.9 Å². The number of fused-ring (bicyclic) bond motifs is 1. The second kappa shape index (κ2) is 10.7. The van der Waals surface area contributed by atoms with Gasteiger partial charge in [0.25, 0.3) is 0 Å². The normalized spacial score (nSPS) is 11.5. The minimum absolute atomic E-state index is 0.0389. The van der Waals surface area contributed by atoms with E-state index in [4.69, 9.17) is 15.2 Å². The van der Waals surface area contributed by atoms with Crippen LogP contribution in [-0.2, 0) is 24.2 Å². The topological polar surface area (TPSA) is 119 Å². The number of amides is 1. The largest absolute Gasteiger partial charge is 0.493 e. The number of aliphatic hydroxyl groups excluding tert-OH is 1. The number of pyridine rings is 1. The van der Waals surface area contributed by atoms with Crippen molar-refractivity contribution in [1.29, 1.82) is 0 Å². The van der Waals surface area contributed by atoms with Gasteiger partial charge in [0, 0.05) is 41.0 Å². The van der Waals surface area contributed by atoms with E-state index in [-0.39, 0.29) is 18.6 Å². The van der Waals surface area contributed by atoms with Crippen LogP contribution in [0.3, 0.4) is 0 Å². The molecule has 0 saturated carbocycles. The molecule has 0 aliphatic carbocycles. The number of hydrogen-bond acceptors (Lipinski definition) is 7. The number of aliphatic hydroxyl groups is 1. The van der Waals surface area contributed by atoms with Gasteiger partial charge in [-0.05, 0) is 43.5 Å². The molecule has 1 amide bonds. The fraction of sp³-hybridized carbons (Fsp3) is 0.385. The summed E-state index contributed by atoms with van der Waals surface area (Å²) < 4.78 is 10.9. The molecular formula is C26H34N4O4. The Morgan fingerprint density at radius 3 is 2.47 bits per heavy atom. The van der Waals surface area contributed by atoms with E-state index in [1.165, 1.54) is 0 Å². The van der Waals surface area contributed by atoms with Crippen LogP contribution < -0.4 is 25.8 Å². The van der Waals surface area contributed by atoms with Gasteiger partial charge in [0.2, 0.25) is 5.91 Å². The molecule has 8 nitrogen and oxygen atoms in total. The summed E-state index contributed by atoms with van der Waals surface area (Å²) in [5.41, 5.74) is 10.5. The summed E-state index contributed by atoms with van der Waals surface area (Å²) in [5.74, 6) is 0.700. The fourth-order valence-electron chi connectivity index (χ4n) is 3.89. The molecular weight excluding hydrogens is 432 g/mol.